The van der Waals surface area contributed by atoms with Gasteiger partial charge in [0.1, 0.15) is 0 Å². The number of ether oxygens (including phenoxy) is 1. The second-order valence-corrected chi connectivity index (χ2v) is 3.46. The maximum Gasteiger partial charge on any atom is 0.218 e. The Bertz CT molecular complexity index is 146. The Labute approximate surface area is 73.5 Å². The minimum absolute atomic E-state index is 0.0931. The molecule has 0 saturated heterocycles. The molecular formula is C8H18N2O2. The number of nitrogens with one attached hydrogen (secondary N) is 1. The monoisotopic (exact) mass is 174 g/mol. The van der Waals surface area contributed by atoms with Crippen LogP contribution in [0.2, 0.25) is 0 Å². The fraction of sp³-hybridized carbons (Fsp3) is 0.875. The van der Waals surface area contributed by atoms with Crippen LogP contribution in [0.3, 0.4) is 0 Å². The van der Waals surface area contributed by atoms with Gasteiger partial charge in [-0.3, -0.25) is 4.79 Å². The van der Waals surface area contributed by atoms with E-state index in [9.17, 15) is 4.79 Å². The fourth-order valence-electron chi connectivity index (χ4n) is 0.936. The van der Waals surface area contributed by atoms with Crippen molar-refractivity contribution in [2.75, 3.05) is 20.3 Å². The van der Waals surface area contributed by atoms with Crippen molar-refractivity contribution in [1.29, 1.82) is 0 Å². The van der Waals surface area contributed by atoms with E-state index in [2.05, 4.69) is 5.32 Å². The fourth-order valence-corrected chi connectivity index (χ4v) is 0.936. The predicted octanol–water partition coefficient (Wildman–Crippen LogP) is -0.124. The molecule has 0 atom stereocenters. The zero-order valence-electron chi connectivity index (χ0n) is 8.02. The van der Waals surface area contributed by atoms with Crippen molar-refractivity contribution in [1.82, 2.24) is 5.32 Å². The normalized spacial score (nSPS) is 11.6. The first-order chi connectivity index (χ1) is 5.48. The van der Waals surface area contributed by atoms with Crippen LogP contribution < -0.4 is 11.1 Å². The molecule has 0 aromatic carbocycles. The van der Waals surface area contributed by atoms with Crippen molar-refractivity contribution in [2.24, 2.45) is 5.73 Å². The van der Waals surface area contributed by atoms with Gasteiger partial charge >= 0.3 is 0 Å². The summed E-state index contributed by atoms with van der Waals surface area (Å²) in [4.78, 5) is 10.4. The Balaban J connectivity index is 3.53. The van der Waals surface area contributed by atoms with E-state index in [1.807, 2.05) is 13.8 Å². The second-order valence-electron chi connectivity index (χ2n) is 3.46. The second kappa shape index (κ2) is 5.11. The van der Waals surface area contributed by atoms with Gasteiger partial charge in [-0.2, -0.15) is 0 Å². The lowest BCUT2D eigenvalue weighted by Gasteiger charge is -2.24. The van der Waals surface area contributed by atoms with Gasteiger partial charge in [0, 0.05) is 25.6 Å². The van der Waals surface area contributed by atoms with Crippen LogP contribution in [0.4, 0.5) is 0 Å². The van der Waals surface area contributed by atoms with E-state index < -0.39 is 0 Å². The summed E-state index contributed by atoms with van der Waals surface area (Å²) in [5, 5.41) is 3.17. The van der Waals surface area contributed by atoms with E-state index in [-0.39, 0.29) is 11.4 Å². The van der Waals surface area contributed by atoms with Crippen LogP contribution in [0.1, 0.15) is 20.3 Å². The average molecular weight is 174 g/mol. The van der Waals surface area contributed by atoms with Gasteiger partial charge in [-0.25, -0.2) is 0 Å². The standard InChI is InChI=1S/C8H18N2O2/c1-8(2,6-12-3)10-5-4-7(9)11/h10H,4-6H2,1-3H3,(H2,9,11). The molecule has 0 spiro atoms. The third-order valence-electron chi connectivity index (χ3n) is 1.48. The van der Waals surface area contributed by atoms with Crippen LogP contribution in [-0.2, 0) is 9.53 Å². The summed E-state index contributed by atoms with van der Waals surface area (Å²) in [6, 6.07) is 0. The summed E-state index contributed by atoms with van der Waals surface area (Å²) in [6.07, 6.45) is 0.368. The van der Waals surface area contributed by atoms with Gasteiger partial charge in [-0.15, -0.1) is 0 Å². The van der Waals surface area contributed by atoms with Gasteiger partial charge in [0.2, 0.25) is 5.91 Å². The quantitative estimate of drug-likeness (QED) is 0.590. The van der Waals surface area contributed by atoms with E-state index >= 15 is 0 Å². The number of amides is 1. The highest BCUT2D eigenvalue weighted by molar-refractivity contribution is 5.73. The number of carbonyl (C=O) groups is 1. The third kappa shape index (κ3) is 6.12. The first-order valence-electron chi connectivity index (χ1n) is 4.00. The highest BCUT2D eigenvalue weighted by atomic mass is 16.5. The molecule has 4 heteroatoms. The number of primary amides is 1. The molecule has 0 aliphatic rings. The number of hydrogen-bond donors (Lipinski definition) is 2. The first kappa shape index (κ1) is 11.4. The predicted molar refractivity (Wildman–Crippen MR) is 47.8 cm³/mol. The number of rotatable bonds is 6. The highest BCUT2D eigenvalue weighted by Crippen LogP contribution is 2.01. The van der Waals surface area contributed by atoms with Crippen LogP contribution in [0.5, 0.6) is 0 Å². The minimum atomic E-state index is -0.282. The summed E-state index contributed by atoms with van der Waals surface area (Å²) in [7, 11) is 1.65. The summed E-state index contributed by atoms with van der Waals surface area (Å²) >= 11 is 0. The Morgan fingerprint density at radius 3 is 2.58 bits per heavy atom. The molecule has 0 rings (SSSR count). The van der Waals surface area contributed by atoms with E-state index in [4.69, 9.17) is 10.5 Å². The lowest BCUT2D eigenvalue weighted by Crippen LogP contribution is -2.44. The highest BCUT2D eigenvalue weighted by Gasteiger charge is 2.15. The van der Waals surface area contributed by atoms with Crippen LogP contribution in [0, 0.1) is 0 Å². The maximum absolute atomic E-state index is 10.4. The molecule has 0 radical (unpaired) electrons. The molecule has 0 fully saturated rings. The van der Waals surface area contributed by atoms with Crippen molar-refractivity contribution in [3.8, 4) is 0 Å². The Kier molecular flexibility index (Phi) is 4.85. The average Bonchev–Trinajstić information content (AvgIpc) is 1.85. The molecule has 12 heavy (non-hydrogen) atoms. The molecule has 0 bridgehead atoms. The SMILES string of the molecule is COCC(C)(C)NCCC(N)=O. The first-order valence-corrected chi connectivity index (χ1v) is 4.00. The molecule has 0 heterocycles. The lowest BCUT2D eigenvalue weighted by molar-refractivity contribution is -0.118. The van der Waals surface area contributed by atoms with Crippen molar-refractivity contribution in [3.63, 3.8) is 0 Å². The molecule has 0 aromatic rings. The number of nitrogens with two attached hydrogens (primary N) is 1. The zero-order chi connectivity index (χ0) is 9.61. The van der Waals surface area contributed by atoms with Crippen LogP contribution in [0.25, 0.3) is 0 Å². The zero-order valence-corrected chi connectivity index (χ0v) is 8.02. The van der Waals surface area contributed by atoms with Crippen molar-refractivity contribution in [3.05, 3.63) is 0 Å². The van der Waals surface area contributed by atoms with E-state index in [1.54, 1.807) is 7.11 Å². The van der Waals surface area contributed by atoms with Crippen molar-refractivity contribution >= 4 is 5.91 Å². The van der Waals surface area contributed by atoms with E-state index in [0.717, 1.165) is 0 Å². The molecular weight excluding hydrogens is 156 g/mol. The van der Waals surface area contributed by atoms with Gasteiger partial charge in [0.05, 0.1) is 6.61 Å². The van der Waals surface area contributed by atoms with Crippen molar-refractivity contribution < 1.29 is 9.53 Å². The third-order valence-corrected chi connectivity index (χ3v) is 1.48. The molecule has 0 aliphatic heterocycles. The van der Waals surface area contributed by atoms with E-state index in [1.165, 1.54) is 0 Å². The van der Waals surface area contributed by atoms with E-state index in [0.29, 0.717) is 19.6 Å². The molecule has 72 valence electrons. The smallest absolute Gasteiger partial charge is 0.218 e. The Morgan fingerprint density at radius 1 is 1.58 bits per heavy atom. The molecule has 0 unspecified atom stereocenters. The van der Waals surface area contributed by atoms with Gasteiger partial charge < -0.3 is 15.8 Å². The molecule has 0 aliphatic carbocycles. The topological polar surface area (TPSA) is 64.3 Å². The lowest BCUT2D eigenvalue weighted by atomic mass is 10.1. The Hall–Kier alpha value is -0.610. The minimum Gasteiger partial charge on any atom is -0.383 e. The van der Waals surface area contributed by atoms with Crippen LogP contribution in [-0.4, -0.2) is 31.7 Å². The number of hydrogen-bond acceptors (Lipinski definition) is 3. The van der Waals surface area contributed by atoms with Gasteiger partial charge in [-0.05, 0) is 13.8 Å². The molecule has 1 amide bonds. The Morgan fingerprint density at radius 2 is 2.17 bits per heavy atom. The van der Waals surface area contributed by atoms with Gasteiger partial charge in [0.15, 0.2) is 0 Å². The molecule has 3 N–H and O–H groups in total. The largest absolute Gasteiger partial charge is 0.383 e. The number of methoxy groups -OCH3 is 1. The number of carbonyl (C=O) groups excluding carboxylic acids is 1. The molecule has 0 aromatic heterocycles. The van der Waals surface area contributed by atoms with Crippen molar-refractivity contribution in [2.45, 2.75) is 25.8 Å². The van der Waals surface area contributed by atoms with Gasteiger partial charge in [-0.1, -0.05) is 0 Å². The van der Waals surface area contributed by atoms with Gasteiger partial charge in [0.25, 0.3) is 0 Å². The molecule has 0 saturated carbocycles. The molecule has 4 nitrogen and oxygen atoms in total. The summed E-state index contributed by atoms with van der Waals surface area (Å²) in [5.74, 6) is -0.282. The van der Waals surface area contributed by atoms with Crippen LogP contribution >= 0.6 is 0 Å². The summed E-state index contributed by atoms with van der Waals surface area (Å²) < 4.78 is 4.99. The summed E-state index contributed by atoms with van der Waals surface area (Å²) in [6.45, 7) is 5.24. The van der Waals surface area contributed by atoms with Crippen LogP contribution in [0.15, 0.2) is 0 Å². The summed E-state index contributed by atoms with van der Waals surface area (Å²) in [5.41, 5.74) is 4.89. The maximum atomic E-state index is 10.4.